The van der Waals surface area contributed by atoms with Crippen molar-refractivity contribution < 1.29 is 9.53 Å². The van der Waals surface area contributed by atoms with E-state index in [9.17, 15) is 4.79 Å². The van der Waals surface area contributed by atoms with Crippen LogP contribution in [0, 0.1) is 0 Å². The minimum absolute atomic E-state index is 0.0470. The number of carbonyl (C=O) groups is 1. The SMILES string of the molecule is CN(C)CCNC(=O)CCNc1ccccc1Oc1ccccc1. The van der Waals surface area contributed by atoms with Crippen LogP contribution in [0.15, 0.2) is 54.6 Å². The summed E-state index contributed by atoms with van der Waals surface area (Å²) < 4.78 is 5.89. The number of likely N-dealkylation sites (N-methyl/N-ethyl adjacent to an activating group) is 1. The van der Waals surface area contributed by atoms with Crippen LogP contribution in [0.2, 0.25) is 0 Å². The van der Waals surface area contributed by atoms with Gasteiger partial charge in [0.1, 0.15) is 5.75 Å². The zero-order valence-corrected chi connectivity index (χ0v) is 14.3. The molecule has 2 rings (SSSR count). The number of rotatable bonds is 9. The van der Waals surface area contributed by atoms with E-state index in [4.69, 9.17) is 4.74 Å². The van der Waals surface area contributed by atoms with Gasteiger partial charge in [0.15, 0.2) is 5.75 Å². The first kappa shape index (κ1) is 17.8. The number of hydrogen-bond donors (Lipinski definition) is 2. The number of carbonyl (C=O) groups excluding carboxylic acids is 1. The normalized spacial score (nSPS) is 10.5. The molecule has 0 heterocycles. The molecule has 2 aromatic rings. The Morgan fingerprint density at radius 2 is 1.71 bits per heavy atom. The maximum Gasteiger partial charge on any atom is 0.221 e. The van der Waals surface area contributed by atoms with Crippen molar-refractivity contribution in [3.8, 4) is 11.5 Å². The second kappa shape index (κ2) is 9.57. The Kier molecular flexibility index (Phi) is 7.11. The number of para-hydroxylation sites is 3. The van der Waals surface area contributed by atoms with Crippen molar-refractivity contribution >= 4 is 11.6 Å². The molecule has 0 atom stereocenters. The highest BCUT2D eigenvalue weighted by Crippen LogP contribution is 2.28. The zero-order valence-electron chi connectivity index (χ0n) is 14.3. The smallest absolute Gasteiger partial charge is 0.221 e. The van der Waals surface area contributed by atoms with Crippen LogP contribution in [0.4, 0.5) is 5.69 Å². The van der Waals surface area contributed by atoms with E-state index in [1.54, 1.807) is 0 Å². The topological polar surface area (TPSA) is 53.6 Å². The maximum absolute atomic E-state index is 11.8. The number of nitrogens with one attached hydrogen (secondary N) is 2. The van der Waals surface area contributed by atoms with E-state index in [1.807, 2.05) is 73.6 Å². The molecule has 0 unspecified atom stereocenters. The van der Waals surface area contributed by atoms with Crippen LogP contribution in [-0.2, 0) is 4.79 Å². The van der Waals surface area contributed by atoms with Gasteiger partial charge in [-0.25, -0.2) is 0 Å². The Labute approximate surface area is 143 Å². The minimum atomic E-state index is 0.0470. The predicted molar refractivity (Wildman–Crippen MR) is 97.6 cm³/mol. The molecule has 0 aliphatic heterocycles. The average molecular weight is 327 g/mol. The number of benzene rings is 2. The van der Waals surface area contributed by atoms with E-state index in [0.29, 0.717) is 19.5 Å². The molecular weight excluding hydrogens is 302 g/mol. The summed E-state index contributed by atoms with van der Waals surface area (Å²) in [6.45, 7) is 2.06. The molecule has 128 valence electrons. The molecule has 0 bridgehead atoms. The van der Waals surface area contributed by atoms with Gasteiger partial charge < -0.3 is 20.3 Å². The van der Waals surface area contributed by atoms with Gasteiger partial charge in [-0.3, -0.25) is 4.79 Å². The Morgan fingerprint density at radius 3 is 2.46 bits per heavy atom. The molecule has 0 saturated heterocycles. The first-order valence-corrected chi connectivity index (χ1v) is 8.12. The molecule has 0 aromatic heterocycles. The Morgan fingerprint density at radius 1 is 1.00 bits per heavy atom. The third-order valence-corrected chi connectivity index (χ3v) is 3.41. The summed E-state index contributed by atoms with van der Waals surface area (Å²) in [6.07, 6.45) is 0.424. The van der Waals surface area contributed by atoms with Crippen LogP contribution in [0.3, 0.4) is 0 Å². The second-order valence-electron chi connectivity index (χ2n) is 5.74. The van der Waals surface area contributed by atoms with E-state index < -0.39 is 0 Å². The van der Waals surface area contributed by atoms with E-state index >= 15 is 0 Å². The second-order valence-corrected chi connectivity index (χ2v) is 5.74. The van der Waals surface area contributed by atoms with Crippen LogP contribution >= 0.6 is 0 Å². The van der Waals surface area contributed by atoms with Crippen molar-refractivity contribution in [1.82, 2.24) is 10.2 Å². The molecule has 1 amide bonds. The van der Waals surface area contributed by atoms with Gasteiger partial charge in [0.25, 0.3) is 0 Å². The lowest BCUT2D eigenvalue weighted by Gasteiger charge is -2.13. The molecule has 0 radical (unpaired) electrons. The molecule has 0 aliphatic rings. The summed E-state index contributed by atoms with van der Waals surface area (Å²) in [4.78, 5) is 13.8. The number of amides is 1. The average Bonchev–Trinajstić information content (AvgIpc) is 2.57. The fourth-order valence-electron chi connectivity index (χ4n) is 2.14. The summed E-state index contributed by atoms with van der Waals surface area (Å²) >= 11 is 0. The highest BCUT2D eigenvalue weighted by molar-refractivity contribution is 5.76. The highest BCUT2D eigenvalue weighted by atomic mass is 16.5. The van der Waals surface area contributed by atoms with Gasteiger partial charge in [-0.1, -0.05) is 30.3 Å². The Balaban J connectivity index is 1.81. The summed E-state index contributed by atoms with van der Waals surface area (Å²) in [5, 5.41) is 6.17. The zero-order chi connectivity index (χ0) is 17.2. The lowest BCUT2D eigenvalue weighted by molar-refractivity contribution is -0.120. The van der Waals surface area contributed by atoms with E-state index in [2.05, 4.69) is 10.6 Å². The van der Waals surface area contributed by atoms with E-state index in [0.717, 1.165) is 23.7 Å². The fourth-order valence-corrected chi connectivity index (χ4v) is 2.14. The van der Waals surface area contributed by atoms with Gasteiger partial charge in [-0.15, -0.1) is 0 Å². The Bertz CT molecular complexity index is 630. The first-order chi connectivity index (χ1) is 11.6. The van der Waals surface area contributed by atoms with E-state index in [-0.39, 0.29) is 5.91 Å². The van der Waals surface area contributed by atoms with Crippen LogP contribution in [0.1, 0.15) is 6.42 Å². The highest BCUT2D eigenvalue weighted by Gasteiger charge is 2.05. The van der Waals surface area contributed by atoms with Crippen molar-refractivity contribution in [3.05, 3.63) is 54.6 Å². The predicted octanol–water partition coefficient (Wildman–Crippen LogP) is 2.96. The van der Waals surface area contributed by atoms with Crippen LogP contribution in [-0.4, -0.2) is 44.5 Å². The third-order valence-electron chi connectivity index (χ3n) is 3.41. The van der Waals surface area contributed by atoms with Gasteiger partial charge in [-0.05, 0) is 38.4 Å². The van der Waals surface area contributed by atoms with Crippen molar-refractivity contribution in [2.24, 2.45) is 0 Å². The first-order valence-electron chi connectivity index (χ1n) is 8.12. The molecular formula is C19H25N3O2. The van der Waals surface area contributed by atoms with E-state index in [1.165, 1.54) is 0 Å². The van der Waals surface area contributed by atoms with Crippen LogP contribution in [0.25, 0.3) is 0 Å². The maximum atomic E-state index is 11.8. The standard InChI is InChI=1S/C19H25N3O2/c1-22(2)15-14-21-19(23)12-13-20-17-10-6-7-11-18(17)24-16-8-4-3-5-9-16/h3-11,20H,12-15H2,1-2H3,(H,21,23). The Hall–Kier alpha value is -2.53. The molecule has 0 aliphatic carbocycles. The summed E-state index contributed by atoms with van der Waals surface area (Å²) in [5.74, 6) is 1.58. The fraction of sp³-hybridized carbons (Fsp3) is 0.316. The molecule has 0 spiro atoms. The van der Waals surface area contributed by atoms with Crippen molar-refractivity contribution in [3.63, 3.8) is 0 Å². The van der Waals surface area contributed by atoms with Crippen molar-refractivity contribution in [2.45, 2.75) is 6.42 Å². The van der Waals surface area contributed by atoms with Crippen LogP contribution in [0.5, 0.6) is 11.5 Å². The number of hydrogen-bond acceptors (Lipinski definition) is 4. The largest absolute Gasteiger partial charge is 0.455 e. The molecule has 2 N–H and O–H groups in total. The monoisotopic (exact) mass is 327 g/mol. The van der Waals surface area contributed by atoms with Gasteiger partial charge >= 0.3 is 0 Å². The van der Waals surface area contributed by atoms with Gasteiger partial charge in [0, 0.05) is 26.1 Å². The molecule has 0 fully saturated rings. The number of nitrogens with zero attached hydrogens (tertiary/aromatic N) is 1. The lowest BCUT2D eigenvalue weighted by Crippen LogP contribution is -2.32. The van der Waals surface area contributed by atoms with Crippen molar-refractivity contribution in [1.29, 1.82) is 0 Å². The number of anilines is 1. The summed E-state index contributed by atoms with van der Waals surface area (Å²) in [5.41, 5.74) is 0.877. The molecule has 5 heteroatoms. The van der Waals surface area contributed by atoms with Crippen molar-refractivity contribution in [2.75, 3.05) is 39.0 Å². The quantitative estimate of drug-likeness (QED) is 0.743. The molecule has 24 heavy (non-hydrogen) atoms. The lowest BCUT2D eigenvalue weighted by atomic mass is 10.2. The van der Waals surface area contributed by atoms with Crippen LogP contribution < -0.4 is 15.4 Å². The number of ether oxygens (including phenoxy) is 1. The summed E-state index contributed by atoms with van der Waals surface area (Å²) in [6, 6.07) is 17.4. The third kappa shape index (κ3) is 6.30. The molecule has 2 aromatic carbocycles. The molecule has 0 saturated carbocycles. The molecule has 5 nitrogen and oxygen atoms in total. The van der Waals surface area contributed by atoms with Gasteiger partial charge in [0.05, 0.1) is 5.69 Å². The summed E-state index contributed by atoms with van der Waals surface area (Å²) in [7, 11) is 3.97. The van der Waals surface area contributed by atoms with Gasteiger partial charge in [0.2, 0.25) is 5.91 Å². The minimum Gasteiger partial charge on any atom is -0.455 e. The van der Waals surface area contributed by atoms with Gasteiger partial charge in [-0.2, -0.15) is 0 Å².